The summed E-state index contributed by atoms with van der Waals surface area (Å²) in [6, 6.07) is 0. The van der Waals surface area contributed by atoms with E-state index in [1.165, 1.54) is 0 Å². The third kappa shape index (κ3) is 70.7. The molecule has 3 nitrogen and oxygen atoms in total. The molecule has 0 N–H and O–H groups in total. The largest absolute Gasteiger partial charge is 3.00 e. The van der Waals surface area contributed by atoms with E-state index in [-0.39, 0.29) is 48.0 Å². The van der Waals surface area contributed by atoms with Gasteiger partial charge in [-0.1, -0.05) is 0 Å². The molecule has 0 aliphatic carbocycles. The van der Waals surface area contributed by atoms with Crippen LogP contribution < -0.4 is 22.0 Å². The van der Waals surface area contributed by atoms with Gasteiger partial charge in [-0.3, -0.25) is 0 Å². The maximum absolute atomic E-state index is 8.52. The first-order valence-electron chi connectivity index (χ1n) is 0.612. The number of halogens is 1. The number of rotatable bonds is 0. The minimum absolute atomic E-state index is 0. The average Bonchev–Trinajstić information content (AvgIpc) is 0.811. The van der Waals surface area contributed by atoms with E-state index < -0.39 is 9.17 Å². The van der Waals surface area contributed by atoms with Crippen LogP contribution in [-0.2, 0) is 4.46 Å². The summed E-state index contributed by atoms with van der Waals surface area (Å²) < 4.78 is 8.52. The van der Waals surface area contributed by atoms with Gasteiger partial charge in [0.2, 0.25) is 0 Å². The Morgan fingerprint density at radius 2 is 1.33 bits per heavy atom. The first-order valence-corrected chi connectivity index (χ1v) is 1.84. The second-order valence-electron chi connectivity index (χ2n) is 0.250. The van der Waals surface area contributed by atoms with Crippen molar-refractivity contribution in [1.29, 1.82) is 0 Å². The van der Waals surface area contributed by atoms with Crippen LogP contribution in [0.5, 0.6) is 0 Å². The Bertz CT molecular complexity index is 33.8. The molecule has 0 unspecified atom stereocenters. The molecule has 0 atom stereocenters. The van der Waals surface area contributed by atoms with Gasteiger partial charge in [-0.15, -0.1) is 0 Å². The molecule has 6 heteroatoms. The summed E-state index contributed by atoms with van der Waals surface area (Å²) in [4.78, 5) is 17.0. The van der Waals surface area contributed by atoms with Crippen LogP contribution in [0, 0.1) is 35.6 Å². The monoisotopic (exact) mass is 250 g/mol. The Hall–Kier alpha value is 1.10. The van der Waals surface area contributed by atoms with E-state index in [0.717, 1.165) is 0 Å². The molecule has 0 aliphatic rings. The second-order valence-corrected chi connectivity index (χ2v) is 0.750. The van der Waals surface area contributed by atoms with Gasteiger partial charge >= 0.3 is 35.6 Å². The maximum Gasteiger partial charge on any atom is 3.00 e. The van der Waals surface area contributed by atoms with E-state index in [0.29, 0.717) is 0 Å². The van der Waals surface area contributed by atoms with Crippen LogP contribution in [0.1, 0.15) is 0 Å². The van der Waals surface area contributed by atoms with Gasteiger partial charge in [-0.2, -0.15) is 0 Å². The number of hydrogen-bond acceptors (Lipinski definition) is 3. The Kier molecular flexibility index (Phi) is 24.7. The predicted molar refractivity (Wildman–Crippen MR) is 6.44 cm³/mol. The smallest absolute Gasteiger partial charge is 1.00 e. The van der Waals surface area contributed by atoms with Gasteiger partial charge in [0.25, 0.3) is 0 Å². The summed E-state index contributed by atoms with van der Waals surface area (Å²) in [6.45, 7) is 0. The minimum atomic E-state index is -3.63. The molecule has 0 aromatic carbocycles. The standard InChI is InChI=1S/ClH.La.O3Si/c;;1-4(2)3/h1H;;/q;+3;-2/p-1. The van der Waals surface area contributed by atoms with Gasteiger partial charge in [0.15, 0.2) is 0 Å². The van der Waals surface area contributed by atoms with Crippen molar-refractivity contribution in [2.75, 3.05) is 0 Å². The molecule has 32 valence electrons. The molecule has 0 aromatic heterocycles. The second kappa shape index (κ2) is 9.44. The summed E-state index contributed by atoms with van der Waals surface area (Å²) in [6.07, 6.45) is 0. The molecule has 0 bridgehead atoms. The van der Waals surface area contributed by atoms with Gasteiger partial charge in [-0.05, 0) is 0 Å². The van der Waals surface area contributed by atoms with Crippen LogP contribution in [-0.4, -0.2) is 9.17 Å². The molecule has 0 aromatic rings. The van der Waals surface area contributed by atoms with Crippen LogP contribution in [0.2, 0.25) is 0 Å². The predicted octanol–water partition coefficient (Wildman–Crippen LogP) is -5.87. The van der Waals surface area contributed by atoms with Gasteiger partial charge in [0, 0.05) is 9.17 Å². The zero-order valence-corrected chi connectivity index (χ0v) is 8.06. The summed E-state index contributed by atoms with van der Waals surface area (Å²) in [5, 5.41) is 0. The molecule has 0 aliphatic heterocycles. The molecule has 6 heavy (non-hydrogen) atoms. The fourth-order valence-corrected chi connectivity index (χ4v) is 0. The molecule has 0 fully saturated rings. The van der Waals surface area contributed by atoms with E-state index in [1.54, 1.807) is 0 Å². The first kappa shape index (κ1) is 15.7. The number of hydrogen-bond donors (Lipinski definition) is 0. The normalized spacial score (nSPS) is 4.00. The molecular weight excluding hydrogens is 250 g/mol. The van der Waals surface area contributed by atoms with Gasteiger partial charge < -0.3 is 26.5 Å². The zero-order chi connectivity index (χ0) is 3.58. The Morgan fingerprint density at radius 3 is 1.33 bits per heavy atom. The summed E-state index contributed by atoms with van der Waals surface area (Å²) >= 11 is 0. The van der Waals surface area contributed by atoms with Crippen molar-refractivity contribution in [1.82, 2.24) is 0 Å². The van der Waals surface area contributed by atoms with E-state index in [4.69, 9.17) is 14.1 Å². The molecule has 0 rings (SSSR count). The molecule has 0 saturated heterocycles. The summed E-state index contributed by atoms with van der Waals surface area (Å²) in [7, 11) is -3.63. The quantitative estimate of drug-likeness (QED) is 0.402. The van der Waals surface area contributed by atoms with Crippen LogP contribution in [0.3, 0.4) is 0 Å². The van der Waals surface area contributed by atoms with Crippen LogP contribution in [0.25, 0.3) is 0 Å². The molecule has 0 heterocycles. The van der Waals surface area contributed by atoms with Gasteiger partial charge in [0.1, 0.15) is 0 Å². The van der Waals surface area contributed by atoms with Crippen LogP contribution in [0.4, 0.5) is 0 Å². The fraction of sp³-hybridized carbons (Fsp3) is 0. The van der Waals surface area contributed by atoms with Crippen LogP contribution >= 0.6 is 0 Å². The van der Waals surface area contributed by atoms with Crippen molar-refractivity contribution in [3.8, 4) is 0 Å². The topological polar surface area (TPSA) is 63.2 Å². The van der Waals surface area contributed by atoms with Gasteiger partial charge in [0.05, 0.1) is 0 Å². The SMILES string of the molecule is O=[Si]([O-])[O-].[Cl-].[La+3]. The first-order chi connectivity index (χ1) is 1.73. The summed E-state index contributed by atoms with van der Waals surface area (Å²) in [5.74, 6) is 0. The van der Waals surface area contributed by atoms with E-state index in [1.807, 2.05) is 0 Å². The van der Waals surface area contributed by atoms with Crippen molar-refractivity contribution in [3.05, 3.63) is 0 Å². The van der Waals surface area contributed by atoms with Crippen molar-refractivity contribution >= 4 is 9.17 Å². The summed E-state index contributed by atoms with van der Waals surface area (Å²) in [5.41, 5.74) is 0. The molecule has 0 saturated carbocycles. The minimum Gasteiger partial charge on any atom is -1.00 e. The Balaban J connectivity index is -0.0000000450. The van der Waals surface area contributed by atoms with Gasteiger partial charge in [-0.25, -0.2) is 0 Å². The molecule has 0 spiro atoms. The third-order valence-corrected chi connectivity index (χ3v) is 0. The average molecular weight is 250 g/mol. The maximum atomic E-state index is 8.52. The van der Waals surface area contributed by atoms with E-state index >= 15 is 0 Å². The third-order valence-electron chi connectivity index (χ3n) is 0. The van der Waals surface area contributed by atoms with Crippen molar-refractivity contribution in [3.63, 3.8) is 0 Å². The van der Waals surface area contributed by atoms with Crippen molar-refractivity contribution in [2.45, 2.75) is 0 Å². The fourth-order valence-electron chi connectivity index (χ4n) is 0. The molecular formula is ClLaO3Si. The molecule has 0 amide bonds. The van der Waals surface area contributed by atoms with E-state index in [2.05, 4.69) is 0 Å². The Labute approximate surface area is 70.7 Å². The van der Waals surface area contributed by atoms with Crippen molar-refractivity contribution < 1.29 is 62.1 Å². The van der Waals surface area contributed by atoms with Crippen molar-refractivity contribution in [2.24, 2.45) is 0 Å². The Morgan fingerprint density at radius 1 is 1.33 bits per heavy atom. The molecule has 0 radical (unpaired) electrons. The zero-order valence-electron chi connectivity index (χ0n) is 2.68. The van der Waals surface area contributed by atoms with E-state index in [9.17, 15) is 0 Å². The van der Waals surface area contributed by atoms with Crippen LogP contribution in [0.15, 0.2) is 0 Å².